The zero-order valence-corrected chi connectivity index (χ0v) is 11.0. The predicted octanol–water partition coefficient (Wildman–Crippen LogP) is 2.36. The summed E-state index contributed by atoms with van der Waals surface area (Å²) < 4.78 is 13.0. The molecule has 98 valence electrons. The number of nitrogens with zero attached hydrogens (tertiary/aromatic N) is 1. The molecule has 18 heavy (non-hydrogen) atoms. The lowest BCUT2D eigenvalue weighted by molar-refractivity contribution is 0.216. The van der Waals surface area contributed by atoms with Gasteiger partial charge in [0.1, 0.15) is 5.82 Å². The fourth-order valence-corrected chi connectivity index (χ4v) is 1.51. The number of benzene rings is 1. The van der Waals surface area contributed by atoms with Crippen molar-refractivity contribution in [1.82, 2.24) is 4.90 Å². The zero-order chi connectivity index (χ0) is 13.5. The lowest BCUT2D eigenvalue weighted by atomic mass is 10.3. The van der Waals surface area contributed by atoms with Gasteiger partial charge < -0.3 is 16.0 Å². The molecule has 0 fully saturated rings. The Morgan fingerprint density at radius 2 is 2.28 bits per heavy atom. The molecule has 0 aliphatic heterocycles. The number of carbonyl (C=O) groups is 1. The van der Waals surface area contributed by atoms with Gasteiger partial charge in [-0.1, -0.05) is 18.3 Å². The maximum absolute atomic E-state index is 13.0. The quantitative estimate of drug-likeness (QED) is 0.807. The van der Waals surface area contributed by atoms with Crippen molar-refractivity contribution in [2.24, 2.45) is 5.73 Å². The second-order valence-corrected chi connectivity index (χ2v) is 4.26. The number of rotatable bonds is 5. The van der Waals surface area contributed by atoms with Crippen LogP contribution in [0.15, 0.2) is 24.3 Å². The van der Waals surface area contributed by atoms with Gasteiger partial charge in [0.2, 0.25) is 0 Å². The molecule has 4 nitrogen and oxygen atoms in total. The SMILES string of the molecule is CCN(CCC(N)=S)C(=O)Nc1cccc(F)c1. The molecule has 0 saturated carbocycles. The fourth-order valence-electron chi connectivity index (χ4n) is 1.42. The van der Waals surface area contributed by atoms with Crippen LogP contribution in [0.5, 0.6) is 0 Å². The maximum Gasteiger partial charge on any atom is 0.321 e. The third kappa shape index (κ3) is 4.67. The number of urea groups is 1. The summed E-state index contributed by atoms with van der Waals surface area (Å²) in [4.78, 5) is 13.8. The minimum atomic E-state index is -0.390. The van der Waals surface area contributed by atoms with E-state index in [1.165, 1.54) is 18.2 Å². The Bertz CT molecular complexity index is 439. The molecule has 1 rings (SSSR count). The van der Waals surface area contributed by atoms with E-state index in [1.807, 2.05) is 6.92 Å². The van der Waals surface area contributed by atoms with Crippen LogP contribution in [0.4, 0.5) is 14.9 Å². The van der Waals surface area contributed by atoms with E-state index in [9.17, 15) is 9.18 Å². The monoisotopic (exact) mass is 269 g/mol. The number of amides is 2. The minimum Gasteiger partial charge on any atom is -0.393 e. The second-order valence-electron chi connectivity index (χ2n) is 3.74. The smallest absolute Gasteiger partial charge is 0.321 e. The Morgan fingerprint density at radius 3 is 2.83 bits per heavy atom. The lowest BCUT2D eigenvalue weighted by Crippen LogP contribution is -2.36. The highest BCUT2D eigenvalue weighted by Gasteiger charge is 2.11. The van der Waals surface area contributed by atoms with Gasteiger partial charge in [0.05, 0.1) is 4.99 Å². The summed E-state index contributed by atoms with van der Waals surface area (Å²) in [6.45, 7) is 2.83. The summed E-state index contributed by atoms with van der Waals surface area (Å²) in [7, 11) is 0. The summed E-state index contributed by atoms with van der Waals surface area (Å²) >= 11 is 4.77. The van der Waals surface area contributed by atoms with Gasteiger partial charge in [0.25, 0.3) is 0 Å². The van der Waals surface area contributed by atoms with E-state index in [4.69, 9.17) is 18.0 Å². The third-order valence-corrected chi connectivity index (χ3v) is 2.58. The van der Waals surface area contributed by atoms with Crippen molar-refractivity contribution in [2.45, 2.75) is 13.3 Å². The number of thiocarbonyl (C=S) groups is 1. The molecule has 0 heterocycles. The van der Waals surface area contributed by atoms with E-state index in [2.05, 4.69) is 5.32 Å². The summed E-state index contributed by atoms with van der Waals surface area (Å²) in [6.07, 6.45) is 0.472. The first kappa shape index (κ1) is 14.4. The molecule has 6 heteroatoms. The third-order valence-electron chi connectivity index (χ3n) is 2.37. The molecule has 1 aromatic rings. The number of hydrogen-bond donors (Lipinski definition) is 2. The first-order chi connectivity index (χ1) is 8.52. The Labute approximate surface area is 111 Å². The summed E-state index contributed by atoms with van der Waals surface area (Å²) in [5.74, 6) is -0.390. The Kier molecular flexibility index (Phi) is 5.51. The molecule has 0 bridgehead atoms. The molecular formula is C12H16FN3OS. The first-order valence-electron chi connectivity index (χ1n) is 5.62. The summed E-state index contributed by atoms with van der Waals surface area (Å²) in [5.41, 5.74) is 5.82. The molecule has 0 atom stereocenters. The number of nitrogens with two attached hydrogens (primary N) is 1. The van der Waals surface area contributed by atoms with Gasteiger partial charge in [-0.25, -0.2) is 9.18 Å². The van der Waals surface area contributed by atoms with Crippen LogP contribution in [-0.4, -0.2) is 29.0 Å². The van der Waals surface area contributed by atoms with Crippen LogP contribution in [0.3, 0.4) is 0 Å². The molecular weight excluding hydrogens is 253 g/mol. The van der Waals surface area contributed by atoms with E-state index >= 15 is 0 Å². The molecule has 0 spiro atoms. The van der Waals surface area contributed by atoms with Crippen LogP contribution in [-0.2, 0) is 0 Å². The van der Waals surface area contributed by atoms with E-state index in [1.54, 1.807) is 11.0 Å². The van der Waals surface area contributed by atoms with Crippen LogP contribution >= 0.6 is 12.2 Å². The summed E-state index contributed by atoms with van der Waals surface area (Å²) in [6, 6.07) is 5.46. The van der Waals surface area contributed by atoms with E-state index in [0.717, 1.165) is 0 Å². The van der Waals surface area contributed by atoms with Gasteiger partial charge >= 0.3 is 6.03 Å². The van der Waals surface area contributed by atoms with Crippen molar-refractivity contribution < 1.29 is 9.18 Å². The summed E-state index contributed by atoms with van der Waals surface area (Å²) in [5, 5.41) is 2.62. The van der Waals surface area contributed by atoms with Crippen LogP contribution in [0.2, 0.25) is 0 Å². The van der Waals surface area contributed by atoms with Gasteiger partial charge in [0, 0.05) is 25.2 Å². The average molecular weight is 269 g/mol. The molecule has 0 radical (unpaired) electrons. The molecule has 1 aromatic carbocycles. The fraction of sp³-hybridized carbons (Fsp3) is 0.333. The van der Waals surface area contributed by atoms with Crippen molar-refractivity contribution in [1.29, 1.82) is 0 Å². The largest absolute Gasteiger partial charge is 0.393 e. The lowest BCUT2D eigenvalue weighted by Gasteiger charge is -2.21. The van der Waals surface area contributed by atoms with Crippen LogP contribution in [0, 0.1) is 5.82 Å². The van der Waals surface area contributed by atoms with Crippen LogP contribution in [0.1, 0.15) is 13.3 Å². The van der Waals surface area contributed by atoms with Crippen molar-refractivity contribution in [2.75, 3.05) is 18.4 Å². The zero-order valence-electron chi connectivity index (χ0n) is 10.1. The molecule has 2 amide bonds. The Morgan fingerprint density at radius 1 is 1.56 bits per heavy atom. The van der Waals surface area contributed by atoms with Gasteiger partial charge in [0.15, 0.2) is 0 Å². The average Bonchev–Trinajstić information content (AvgIpc) is 2.29. The van der Waals surface area contributed by atoms with Crippen molar-refractivity contribution >= 4 is 28.9 Å². The highest BCUT2D eigenvalue weighted by molar-refractivity contribution is 7.80. The highest BCUT2D eigenvalue weighted by Crippen LogP contribution is 2.10. The van der Waals surface area contributed by atoms with E-state index in [0.29, 0.717) is 30.2 Å². The second kappa shape index (κ2) is 6.90. The van der Waals surface area contributed by atoms with E-state index in [-0.39, 0.29) is 11.8 Å². The van der Waals surface area contributed by atoms with Gasteiger partial charge in [-0.2, -0.15) is 0 Å². The molecule has 3 N–H and O–H groups in total. The number of anilines is 1. The van der Waals surface area contributed by atoms with E-state index < -0.39 is 0 Å². The van der Waals surface area contributed by atoms with Crippen LogP contribution in [0.25, 0.3) is 0 Å². The highest BCUT2D eigenvalue weighted by atomic mass is 32.1. The number of carbonyl (C=O) groups excluding carboxylic acids is 1. The van der Waals surface area contributed by atoms with Gasteiger partial charge in [-0.05, 0) is 25.1 Å². The van der Waals surface area contributed by atoms with Crippen molar-refractivity contribution in [3.8, 4) is 0 Å². The Balaban J connectivity index is 2.59. The Hall–Kier alpha value is -1.69. The molecule has 0 aromatic heterocycles. The predicted molar refractivity (Wildman–Crippen MR) is 74.1 cm³/mol. The number of halogens is 1. The number of nitrogens with one attached hydrogen (secondary N) is 1. The standard InChI is InChI=1S/C12H16FN3OS/c1-2-16(7-6-11(14)18)12(17)15-10-5-3-4-9(13)8-10/h3-5,8H,2,6-7H2,1H3,(H2,14,18)(H,15,17). The topological polar surface area (TPSA) is 58.4 Å². The van der Waals surface area contributed by atoms with Gasteiger partial charge in [-0.15, -0.1) is 0 Å². The minimum absolute atomic E-state index is 0.292. The molecule has 0 aliphatic rings. The molecule has 0 saturated heterocycles. The molecule has 0 unspecified atom stereocenters. The first-order valence-corrected chi connectivity index (χ1v) is 6.03. The maximum atomic E-state index is 13.0. The number of hydrogen-bond acceptors (Lipinski definition) is 2. The van der Waals surface area contributed by atoms with Crippen molar-refractivity contribution in [3.63, 3.8) is 0 Å². The normalized spacial score (nSPS) is 9.89. The van der Waals surface area contributed by atoms with Gasteiger partial charge in [-0.3, -0.25) is 0 Å². The van der Waals surface area contributed by atoms with Crippen molar-refractivity contribution in [3.05, 3.63) is 30.1 Å². The van der Waals surface area contributed by atoms with Crippen LogP contribution < -0.4 is 11.1 Å². The molecule has 0 aliphatic carbocycles.